The van der Waals surface area contributed by atoms with Crippen LogP contribution in [0.25, 0.3) is 22.1 Å². The maximum atomic E-state index is 12.2. The second-order valence-corrected chi connectivity index (χ2v) is 14.9. The van der Waals surface area contributed by atoms with E-state index in [9.17, 15) is 14.7 Å². The first-order valence-corrected chi connectivity index (χ1v) is 17.8. The number of carboxylic acids is 1. The molecule has 12 heteroatoms. The molecule has 1 N–H and O–H groups in total. The average Bonchev–Trinajstić information content (AvgIpc) is 3.64. The third-order valence-electron chi connectivity index (χ3n) is 9.16. The first-order chi connectivity index (χ1) is 25.2. The van der Waals surface area contributed by atoms with Crippen LogP contribution in [-0.2, 0) is 40.3 Å². The summed E-state index contributed by atoms with van der Waals surface area (Å²) in [5.41, 5.74) is 3.80. The number of carbonyl (C=O) groups is 2. The lowest BCUT2D eigenvalue weighted by Gasteiger charge is -2.21. The van der Waals surface area contributed by atoms with Crippen molar-refractivity contribution in [2.75, 3.05) is 21.3 Å². The van der Waals surface area contributed by atoms with E-state index in [2.05, 4.69) is 4.57 Å². The number of imidazole rings is 2. The minimum Gasteiger partial charge on any atom is -0.497 e. The Bertz CT molecular complexity index is 2260. The van der Waals surface area contributed by atoms with Gasteiger partial charge in [0.25, 0.3) is 0 Å². The predicted molar refractivity (Wildman–Crippen MR) is 208 cm³/mol. The van der Waals surface area contributed by atoms with Crippen LogP contribution in [0.1, 0.15) is 50.5 Å². The molecule has 2 heterocycles. The van der Waals surface area contributed by atoms with E-state index in [0.29, 0.717) is 47.6 Å². The lowest BCUT2D eigenvalue weighted by atomic mass is 9.89. The monoisotopic (exact) mass is 758 g/mol. The fourth-order valence-electron chi connectivity index (χ4n) is 6.00. The van der Waals surface area contributed by atoms with Gasteiger partial charge in [0.2, 0.25) is 0 Å². The number of esters is 1. The van der Waals surface area contributed by atoms with E-state index in [0.717, 1.165) is 44.8 Å². The van der Waals surface area contributed by atoms with Gasteiger partial charge in [-0.2, -0.15) is 0 Å². The zero-order chi connectivity index (χ0) is 38.5. The quantitative estimate of drug-likeness (QED) is 0.123. The summed E-state index contributed by atoms with van der Waals surface area (Å²) in [6, 6.07) is 26.8. The number of rotatable bonds is 12. The summed E-state index contributed by atoms with van der Waals surface area (Å²) < 4.78 is 19.7. The molecule has 6 aromatic rings. The number of hydrogen-bond donors (Lipinski definition) is 1. The number of carbonyl (C=O) groups excluding carboxylic acids is 1. The molecule has 0 saturated carbocycles. The Hall–Kier alpha value is -5.06. The van der Waals surface area contributed by atoms with Crippen LogP contribution in [0.4, 0.5) is 0 Å². The predicted octanol–water partition coefficient (Wildman–Crippen LogP) is 8.89. The summed E-state index contributed by atoms with van der Waals surface area (Å²) in [5.74, 6) is 1.84. The Morgan fingerprint density at radius 3 is 1.45 bits per heavy atom. The number of ether oxygens (including phenoxy) is 3. The molecule has 0 aliphatic heterocycles. The molecule has 0 atom stereocenters. The van der Waals surface area contributed by atoms with Crippen molar-refractivity contribution in [2.24, 2.45) is 10.8 Å². The van der Waals surface area contributed by atoms with Gasteiger partial charge in [0.15, 0.2) is 0 Å². The molecule has 0 saturated heterocycles. The summed E-state index contributed by atoms with van der Waals surface area (Å²) in [6.45, 7) is 8.21. The van der Waals surface area contributed by atoms with E-state index in [1.165, 1.54) is 7.11 Å². The summed E-state index contributed by atoms with van der Waals surface area (Å²) >= 11 is 12.7. The molecule has 278 valence electrons. The summed E-state index contributed by atoms with van der Waals surface area (Å²) in [6.07, 6.45) is 0.755. The minimum atomic E-state index is -0.927. The Kier molecular flexibility index (Phi) is 12.0. The fraction of sp³-hybridized carbons (Fsp3) is 0.317. The molecule has 0 bridgehead atoms. The molecule has 0 aliphatic rings. The van der Waals surface area contributed by atoms with Gasteiger partial charge in [0.1, 0.15) is 23.1 Å². The number of aromatic nitrogens is 4. The number of benzene rings is 4. The molecule has 4 aromatic carbocycles. The van der Waals surface area contributed by atoms with E-state index in [-0.39, 0.29) is 5.97 Å². The molecule has 0 amide bonds. The summed E-state index contributed by atoms with van der Waals surface area (Å²) in [5, 5.41) is 10.9. The van der Waals surface area contributed by atoms with Crippen molar-refractivity contribution in [1.82, 2.24) is 19.1 Å². The van der Waals surface area contributed by atoms with Gasteiger partial charge in [-0.3, -0.25) is 9.59 Å². The third kappa shape index (κ3) is 8.95. The lowest BCUT2D eigenvalue weighted by molar-refractivity contribution is -0.150. The minimum absolute atomic E-state index is 0.267. The van der Waals surface area contributed by atoms with E-state index < -0.39 is 16.8 Å². The highest BCUT2D eigenvalue weighted by atomic mass is 35.5. The van der Waals surface area contributed by atoms with Gasteiger partial charge in [-0.15, -0.1) is 0 Å². The zero-order valence-electron chi connectivity index (χ0n) is 30.9. The van der Waals surface area contributed by atoms with Crippen molar-refractivity contribution in [3.63, 3.8) is 0 Å². The Morgan fingerprint density at radius 2 is 1.08 bits per heavy atom. The SMILES string of the molecule is COC(=O)C(C)(C)Cc1nc2cc(OC)ccc2n1Cc1ccccc1Cl.COc1ccc2c(c1)nc(CC(C)(C)C(=O)O)n2Cc1ccccc1Cl. The number of aliphatic carboxylic acids is 1. The van der Waals surface area contributed by atoms with Gasteiger partial charge < -0.3 is 28.5 Å². The van der Waals surface area contributed by atoms with Gasteiger partial charge in [0.05, 0.1) is 67.3 Å². The molecule has 0 radical (unpaired) electrons. The summed E-state index contributed by atoms with van der Waals surface area (Å²) in [7, 11) is 4.64. The first-order valence-electron chi connectivity index (χ1n) is 17.0. The van der Waals surface area contributed by atoms with Crippen molar-refractivity contribution < 1.29 is 28.9 Å². The van der Waals surface area contributed by atoms with Crippen LogP contribution in [0, 0.1) is 10.8 Å². The van der Waals surface area contributed by atoms with Crippen LogP contribution in [0.5, 0.6) is 11.5 Å². The highest BCUT2D eigenvalue weighted by Gasteiger charge is 2.32. The normalized spacial score (nSPS) is 11.6. The molecule has 10 nitrogen and oxygen atoms in total. The van der Waals surface area contributed by atoms with Crippen molar-refractivity contribution in [3.05, 3.63) is 118 Å². The van der Waals surface area contributed by atoms with Crippen LogP contribution in [-0.4, -0.2) is 57.5 Å². The molecule has 53 heavy (non-hydrogen) atoms. The molecule has 0 spiro atoms. The zero-order valence-corrected chi connectivity index (χ0v) is 32.5. The Morgan fingerprint density at radius 1 is 0.660 bits per heavy atom. The number of fused-ring (bicyclic) bond motifs is 2. The van der Waals surface area contributed by atoms with E-state index in [4.69, 9.17) is 47.4 Å². The smallest absolute Gasteiger partial charge is 0.311 e. The molecule has 0 unspecified atom stereocenters. The molecule has 2 aromatic heterocycles. The van der Waals surface area contributed by atoms with E-state index in [1.807, 2.05) is 103 Å². The van der Waals surface area contributed by atoms with Crippen LogP contribution in [0.3, 0.4) is 0 Å². The van der Waals surface area contributed by atoms with Crippen LogP contribution < -0.4 is 9.47 Å². The van der Waals surface area contributed by atoms with E-state index >= 15 is 0 Å². The fourth-order valence-corrected chi connectivity index (χ4v) is 6.40. The molecular formula is C41H44Cl2N4O6. The maximum absolute atomic E-state index is 12.2. The van der Waals surface area contributed by atoms with Gasteiger partial charge >= 0.3 is 11.9 Å². The Balaban J connectivity index is 0.000000204. The highest BCUT2D eigenvalue weighted by Crippen LogP contribution is 2.31. The van der Waals surface area contributed by atoms with Gasteiger partial charge in [-0.25, -0.2) is 9.97 Å². The second-order valence-electron chi connectivity index (χ2n) is 14.0. The number of methoxy groups -OCH3 is 3. The lowest BCUT2D eigenvalue weighted by Crippen LogP contribution is -2.29. The molecule has 6 rings (SSSR count). The number of halogens is 2. The first kappa shape index (κ1) is 39.2. The second kappa shape index (κ2) is 16.3. The summed E-state index contributed by atoms with van der Waals surface area (Å²) in [4.78, 5) is 33.2. The highest BCUT2D eigenvalue weighted by molar-refractivity contribution is 6.31. The molecule has 0 aliphatic carbocycles. The van der Waals surface area contributed by atoms with Crippen LogP contribution in [0.15, 0.2) is 84.9 Å². The Labute approximate surface area is 319 Å². The van der Waals surface area contributed by atoms with Crippen LogP contribution >= 0.6 is 23.2 Å². The standard InChI is InChI=1S/C21H23ClN2O3.C20H21ClN2O3/c1-21(2,20(25)27-4)12-19-23-17-11-15(26-3)9-10-18(17)24(19)13-14-7-5-6-8-16(14)22;1-20(2,19(24)25)11-18-22-16-10-14(26-3)8-9-17(16)23(18)12-13-6-4-5-7-15(13)21/h5-11H,12-13H2,1-4H3;4-10H,11-12H2,1-3H3,(H,24,25). The van der Waals surface area contributed by atoms with Gasteiger partial charge in [-0.1, -0.05) is 59.6 Å². The van der Waals surface area contributed by atoms with Crippen molar-refractivity contribution in [3.8, 4) is 11.5 Å². The average molecular weight is 760 g/mol. The largest absolute Gasteiger partial charge is 0.497 e. The number of nitrogens with zero attached hydrogens (tertiary/aromatic N) is 4. The third-order valence-corrected chi connectivity index (χ3v) is 9.90. The maximum Gasteiger partial charge on any atom is 0.311 e. The van der Waals surface area contributed by atoms with Crippen molar-refractivity contribution >= 4 is 57.2 Å². The van der Waals surface area contributed by atoms with Gasteiger partial charge in [-0.05, 0) is 75.2 Å². The van der Waals surface area contributed by atoms with E-state index in [1.54, 1.807) is 28.1 Å². The van der Waals surface area contributed by atoms with Crippen LogP contribution in [0.2, 0.25) is 10.0 Å². The molecular weight excluding hydrogens is 715 g/mol. The van der Waals surface area contributed by atoms with Gasteiger partial charge in [0, 0.05) is 35.0 Å². The van der Waals surface area contributed by atoms with Crippen molar-refractivity contribution in [2.45, 2.75) is 53.6 Å². The number of hydrogen-bond acceptors (Lipinski definition) is 7. The molecule has 0 fully saturated rings. The topological polar surface area (TPSA) is 118 Å². The number of carboxylic acid groups (broad SMARTS) is 1. The van der Waals surface area contributed by atoms with Crippen molar-refractivity contribution in [1.29, 1.82) is 0 Å².